The zero-order valence-electron chi connectivity index (χ0n) is 16.2. The summed E-state index contributed by atoms with van der Waals surface area (Å²) in [7, 11) is 0. The number of anilines is 1. The van der Waals surface area contributed by atoms with Crippen LogP contribution >= 0.6 is 11.6 Å². The first kappa shape index (κ1) is 21.0. The molecule has 170 valence electrons. The Morgan fingerprint density at radius 3 is 2.56 bits per heavy atom. The predicted molar refractivity (Wildman–Crippen MR) is 101 cm³/mol. The summed E-state index contributed by atoms with van der Waals surface area (Å²) in [6.45, 7) is 0.00867. The number of pyridine rings is 1. The molecule has 5 rings (SSSR count). The first-order valence-corrected chi connectivity index (χ1v) is 10.3. The molecule has 2 amide bonds. The Balaban J connectivity index is 1.26. The summed E-state index contributed by atoms with van der Waals surface area (Å²) >= 11 is 5.86. The highest BCUT2D eigenvalue weighted by atomic mass is 35.5. The van der Waals surface area contributed by atoms with Crippen molar-refractivity contribution in [3.8, 4) is 0 Å². The summed E-state index contributed by atoms with van der Waals surface area (Å²) in [5, 5.41) is 15.5. The van der Waals surface area contributed by atoms with Gasteiger partial charge in [-0.05, 0) is 18.4 Å². The molecule has 0 spiro atoms. The molecular weight excluding hydrogens is 457 g/mol. The summed E-state index contributed by atoms with van der Waals surface area (Å²) in [5.74, 6) is -4.24. The molecule has 2 aliphatic heterocycles. The number of carboxylic acid groups (broad SMARTS) is 1. The maximum absolute atomic E-state index is 13.0. The number of alkyl halides is 3. The number of amides is 2. The number of hydrogen-bond donors (Lipinski definition) is 2. The molecule has 6 atom stereocenters. The van der Waals surface area contributed by atoms with Gasteiger partial charge in [-0.25, -0.2) is 9.78 Å². The van der Waals surface area contributed by atoms with Crippen LogP contribution in [0.3, 0.4) is 0 Å². The van der Waals surface area contributed by atoms with Crippen LogP contribution in [0, 0.1) is 29.6 Å². The summed E-state index contributed by atoms with van der Waals surface area (Å²) in [6, 6.07) is 0.742. The van der Waals surface area contributed by atoms with Gasteiger partial charge in [-0.3, -0.25) is 14.5 Å². The van der Waals surface area contributed by atoms with Gasteiger partial charge in [0.2, 0.25) is 11.8 Å². The van der Waals surface area contributed by atoms with E-state index in [1.165, 1.54) is 0 Å². The van der Waals surface area contributed by atoms with Crippen molar-refractivity contribution in [2.24, 2.45) is 34.7 Å². The highest BCUT2D eigenvalue weighted by molar-refractivity contribution is 6.37. The Labute approximate surface area is 183 Å². The predicted octanol–water partition coefficient (Wildman–Crippen LogP) is 1.87. The lowest BCUT2D eigenvalue weighted by Gasteiger charge is -2.29. The third-order valence-electron chi connectivity index (χ3n) is 6.80. The van der Waals surface area contributed by atoms with Crippen LogP contribution in [0.5, 0.6) is 0 Å². The van der Waals surface area contributed by atoms with Crippen molar-refractivity contribution in [3.05, 3.63) is 22.8 Å². The highest BCUT2D eigenvalue weighted by Gasteiger charge is 2.70. The largest absolute Gasteiger partial charge is 0.477 e. The van der Waals surface area contributed by atoms with Crippen LogP contribution in [0.15, 0.2) is 17.4 Å². The van der Waals surface area contributed by atoms with Gasteiger partial charge in [-0.2, -0.15) is 13.2 Å². The minimum absolute atomic E-state index is 0.00395. The molecule has 2 N–H and O–H groups in total. The molecule has 13 heteroatoms. The molecular formula is C19H16ClF3N4O5. The fraction of sp³-hybridized carbons (Fsp3) is 0.526. The van der Waals surface area contributed by atoms with Crippen LogP contribution in [0.4, 0.5) is 19.0 Å². The molecule has 1 aromatic heterocycles. The number of aromatic nitrogens is 1. The third kappa shape index (κ3) is 2.95. The number of nitrogens with zero attached hydrogens (tertiary/aromatic N) is 3. The maximum atomic E-state index is 13.0. The van der Waals surface area contributed by atoms with Gasteiger partial charge in [0.1, 0.15) is 11.9 Å². The van der Waals surface area contributed by atoms with Crippen LogP contribution in [-0.4, -0.2) is 57.7 Å². The smallest absolute Gasteiger partial charge is 0.417 e. The number of rotatable bonds is 5. The number of carboxylic acids is 1. The average molecular weight is 473 g/mol. The van der Waals surface area contributed by atoms with Crippen molar-refractivity contribution in [1.29, 1.82) is 0 Å². The quantitative estimate of drug-likeness (QED) is 0.627. The van der Waals surface area contributed by atoms with Gasteiger partial charge in [0.25, 0.3) is 0 Å². The van der Waals surface area contributed by atoms with Crippen molar-refractivity contribution >= 4 is 40.9 Å². The van der Waals surface area contributed by atoms with E-state index in [1.54, 1.807) is 0 Å². The van der Waals surface area contributed by atoms with Gasteiger partial charge in [0.05, 0.1) is 28.3 Å². The number of imide groups is 1. The zero-order valence-corrected chi connectivity index (χ0v) is 16.9. The van der Waals surface area contributed by atoms with Crippen LogP contribution in [0.2, 0.25) is 5.02 Å². The zero-order chi connectivity index (χ0) is 22.9. The molecule has 1 saturated heterocycles. The minimum atomic E-state index is -4.58. The van der Waals surface area contributed by atoms with Gasteiger partial charge >= 0.3 is 12.1 Å². The van der Waals surface area contributed by atoms with Gasteiger partial charge in [-0.1, -0.05) is 16.8 Å². The fourth-order valence-electron chi connectivity index (χ4n) is 5.59. The number of aliphatic carboxylic acids is 1. The number of fused-ring (bicyclic) bond motifs is 8. The van der Waals surface area contributed by atoms with Crippen molar-refractivity contribution in [2.45, 2.75) is 18.7 Å². The van der Waals surface area contributed by atoms with E-state index in [9.17, 15) is 32.7 Å². The van der Waals surface area contributed by atoms with Crippen molar-refractivity contribution in [3.63, 3.8) is 0 Å². The van der Waals surface area contributed by atoms with E-state index in [2.05, 4.69) is 15.5 Å². The molecule has 2 saturated carbocycles. The average Bonchev–Trinajstić information content (AvgIpc) is 3.44. The van der Waals surface area contributed by atoms with E-state index in [4.69, 9.17) is 16.4 Å². The molecule has 0 unspecified atom stereocenters. The van der Waals surface area contributed by atoms with Gasteiger partial charge in [0, 0.05) is 25.2 Å². The fourth-order valence-corrected chi connectivity index (χ4v) is 5.83. The van der Waals surface area contributed by atoms with E-state index >= 15 is 0 Å². The standard InChI is InChI=1S/C19H16ClF3N4O5/c20-9-3-6(19(21,22)23)5-25-15(9)24-1-2-27-16(28)10-7-4-8(11(10)17(27)29)14-12(7)13(18(30)31)26-32-14/h3,5,7-8,10-12,14H,1-2,4H2,(H,24,25)(H,30,31)/t7-,8-,10+,11-,12-,14+/m0/s1. The van der Waals surface area contributed by atoms with Gasteiger partial charge < -0.3 is 15.3 Å². The van der Waals surface area contributed by atoms with Crippen LogP contribution in [0.1, 0.15) is 12.0 Å². The second-order valence-corrected chi connectivity index (χ2v) is 8.71. The molecule has 2 bridgehead atoms. The summed E-state index contributed by atoms with van der Waals surface area (Å²) in [4.78, 5) is 47.5. The second kappa shape index (κ2) is 7.06. The van der Waals surface area contributed by atoms with E-state index in [1.807, 2.05) is 0 Å². The number of nitrogens with one attached hydrogen (secondary N) is 1. The van der Waals surface area contributed by atoms with Crippen molar-refractivity contribution in [1.82, 2.24) is 9.88 Å². The molecule has 0 aromatic carbocycles. The Morgan fingerprint density at radius 1 is 1.25 bits per heavy atom. The Kier molecular flexibility index (Phi) is 4.63. The van der Waals surface area contributed by atoms with E-state index < -0.39 is 41.6 Å². The minimum Gasteiger partial charge on any atom is -0.477 e. The van der Waals surface area contributed by atoms with Crippen LogP contribution < -0.4 is 5.32 Å². The number of oxime groups is 1. The monoisotopic (exact) mass is 472 g/mol. The summed E-state index contributed by atoms with van der Waals surface area (Å²) in [6.07, 6.45) is -3.92. The lowest BCUT2D eigenvalue weighted by Crippen LogP contribution is -2.42. The Hall–Kier alpha value is -2.89. The number of halogens is 4. The molecule has 32 heavy (non-hydrogen) atoms. The molecule has 3 fully saturated rings. The van der Waals surface area contributed by atoms with Crippen LogP contribution in [-0.2, 0) is 25.4 Å². The SMILES string of the molecule is O=C(O)C1=NO[C@@H]2[C@H]3C[C@H]([C@@H]12)[C@H]1C(=O)N(CCNc2ncc(C(F)(F)F)cc2Cl)C(=O)[C@@H]31. The second-order valence-electron chi connectivity index (χ2n) is 8.30. The summed E-state index contributed by atoms with van der Waals surface area (Å²) < 4.78 is 38.2. The lowest BCUT2D eigenvalue weighted by molar-refractivity contribution is -0.141. The third-order valence-corrected chi connectivity index (χ3v) is 7.09. The van der Waals surface area contributed by atoms with E-state index in [0.717, 1.165) is 11.0 Å². The van der Waals surface area contributed by atoms with Crippen LogP contribution in [0.25, 0.3) is 0 Å². The van der Waals surface area contributed by atoms with E-state index in [-0.39, 0.29) is 53.3 Å². The molecule has 4 aliphatic rings. The number of carbonyl (C=O) groups is 3. The highest BCUT2D eigenvalue weighted by Crippen LogP contribution is 2.61. The van der Waals surface area contributed by atoms with Crippen molar-refractivity contribution in [2.75, 3.05) is 18.4 Å². The number of hydrogen-bond acceptors (Lipinski definition) is 7. The first-order chi connectivity index (χ1) is 15.1. The maximum Gasteiger partial charge on any atom is 0.417 e. The van der Waals surface area contributed by atoms with Gasteiger partial charge in [-0.15, -0.1) is 0 Å². The summed E-state index contributed by atoms with van der Waals surface area (Å²) in [5.41, 5.74) is -1.09. The van der Waals surface area contributed by atoms with Gasteiger partial charge in [0.15, 0.2) is 5.71 Å². The Bertz CT molecular complexity index is 1060. The lowest BCUT2D eigenvalue weighted by atomic mass is 9.72. The molecule has 2 aliphatic carbocycles. The molecule has 1 aromatic rings. The normalized spacial score (nSPS) is 32.6. The van der Waals surface area contributed by atoms with E-state index in [0.29, 0.717) is 12.6 Å². The number of likely N-dealkylation sites (tertiary alicyclic amines) is 1. The van der Waals surface area contributed by atoms with Crippen molar-refractivity contribution < 1.29 is 37.5 Å². The molecule has 9 nitrogen and oxygen atoms in total. The first-order valence-electron chi connectivity index (χ1n) is 9.88. The molecule has 0 radical (unpaired) electrons. The molecule has 3 heterocycles. The number of carbonyl (C=O) groups excluding carboxylic acids is 2. The Morgan fingerprint density at radius 2 is 1.94 bits per heavy atom. The topological polar surface area (TPSA) is 121 Å².